The van der Waals surface area contributed by atoms with Gasteiger partial charge in [-0.1, -0.05) is 66.2 Å². The summed E-state index contributed by atoms with van der Waals surface area (Å²) in [6, 6.07) is 14.2. The summed E-state index contributed by atoms with van der Waals surface area (Å²) in [5.74, 6) is -3.71. The molecule has 6 atom stereocenters. The monoisotopic (exact) mass is 605 g/mol. The Morgan fingerprint density at radius 1 is 1.00 bits per heavy atom. The number of fused-ring (bicyclic) bond motifs is 2. The molecule has 224 valence electrons. The van der Waals surface area contributed by atoms with Crippen LogP contribution in [0.1, 0.15) is 24.4 Å². The zero-order chi connectivity index (χ0) is 30.1. The average Bonchev–Trinajstić information content (AvgIpc) is 3.38. The van der Waals surface area contributed by atoms with E-state index in [1.165, 1.54) is 4.90 Å². The Labute approximate surface area is 253 Å². The highest BCUT2D eigenvalue weighted by molar-refractivity contribution is 6.30. The highest BCUT2D eigenvalue weighted by Gasteiger charge is 2.71. The molecule has 0 bridgehead atoms. The van der Waals surface area contributed by atoms with Gasteiger partial charge in [0.15, 0.2) is 0 Å². The molecule has 4 heterocycles. The average molecular weight is 606 g/mol. The Morgan fingerprint density at radius 3 is 2.51 bits per heavy atom. The van der Waals surface area contributed by atoms with E-state index in [1.807, 2.05) is 30.3 Å². The zero-order valence-electron chi connectivity index (χ0n) is 23.3. The number of benzene rings is 2. The van der Waals surface area contributed by atoms with E-state index in [-0.39, 0.29) is 38.6 Å². The quantitative estimate of drug-likeness (QED) is 0.405. The number of hydrogen-bond acceptors (Lipinski definition) is 7. The molecule has 0 unspecified atom stereocenters. The van der Waals surface area contributed by atoms with Crippen LogP contribution in [-0.4, -0.2) is 77.7 Å². The number of rotatable bonds is 4. The largest absolute Gasteiger partial charge is 0.463 e. The van der Waals surface area contributed by atoms with Gasteiger partial charge in [0.05, 0.1) is 30.6 Å². The van der Waals surface area contributed by atoms with Gasteiger partial charge in [-0.25, -0.2) is 0 Å². The van der Waals surface area contributed by atoms with Crippen LogP contribution in [0.4, 0.5) is 5.69 Å². The number of hydrogen-bond donors (Lipinski definition) is 2. The van der Waals surface area contributed by atoms with Gasteiger partial charge in [-0.05, 0) is 36.2 Å². The van der Waals surface area contributed by atoms with E-state index in [2.05, 4.69) is 5.32 Å². The van der Waals surface area contributed by atoms with Crippen molar-refractivity contribution >= 4 is 41.0 Å². The molecule has 0 aromatic heterocycles. The summed E-state index contributed by atoms with van der Waals surface area (Å²) < 4.78 is 12.1. The topological polar surface area (TPSA) is 125 Å². The highest BCUT2D eigenvalue weighted by Crippen LogP contribution is 2.53. The SMILES string of the molecule is O=C1CC/C=C\[C@@H]2O[C@@]34C=CCN(c5ccc(Cl)cc5)C(=O)[C@@H]3N(CCO)C(=O)[C@H]4[C@@H]2C(=O)N[C@@H](c2ccccc2)CO1. The number of nitrogens with one attached hydrogen (secondary N) is 1. The molecular weight excluding hydrogens is 574 g/mol. The van der Waals surface area contributed by atoms with Crippen LogP contribution in [0.2, 0.25) is 5.02 Å². The zero-order valence-corrected chi connectivity index (χ0v) is 24.1. The third kappa shape index (κ3) is 5.24. The van der Waals surface area contributed by atoms with Crippen molar-refractivity contribution in [2.24, 2.45) is 11.8 Å². The van der Waals surface area contributed by atoms with Gasteiger partial charge < -0.3 is 29.7 Å². The number of ether oxygens (including phenoxy) is 2. The number of carbonyl (C=O) groups excluding carboxylic acids is 4. The lowest BCUT2D eigenvalue weighted by Crippen LogP contribution is -2.55. The van der Waals surface area contributed by atoms with Crippen molar-refractivity contribution in [3.63, 3.8) is 0 Å². The minimum Gasteiger partial charge on any atom is -0.463 e. The Hall–Kier alpha value is -3.99. The van der Waals surface area contributed by atoms with Crippen molar-refractivity contribution < 1.29 is 33.8 Å². The summed E-state index contributed by atoms with van der Waals surface area (Å²) in [4.78, 5) is 57.9. The molecule has 2 aromatic carbocycles. The molecule has 2 aromatic rings. The molecule has 2 saturated heterocycles. The van der Waals surface area contributed by atoms with E-state index in [1.54, 1.807) is 53.5 Å². The molecular formula is C32H32ClN3O7. The number of cyclic esters (lactones) is 1. The van der Waals surface area contributed by atoms with Crippen molar-refractivity contribution in [3.05, 3.63) is 89.5 Å². The van der Waals surface area contributed by atoms with Crippen LogP contribution >= 0.6 is 11.6 Å². The summed E-state index contributed by atoms with van der Waals surface area (Å²) in [6.07, 6.45) is 6.60. The fraction of sp³-hybridized carbons (Fsp3) is 0.375. The van der Waals surface area contributed by atoms with Gasteiger partial charge in [0, 0.05) is 30.2 Å². The minimum absolute atomic E-state index is 0.0754. The second kappa shape index (κ2) is 11.9. The van der Waals surface area contributed by atoms with Gasteiger partial charge in [0.25, 0.3) is 5.91 Å². The predicted octanol–water partition coefficient (Wildman–Crippen LogP) is 2.57. The Bertz CT molecular complexity index is 1460. The van der Waals surface area contributed by atoms with E-state index in [0.717, 1.165) is 5.56 Å². The predicted molar refractivity (Wildman–Crippen MR) is 157 cm³/mol. The summed E-state index contributed by atoms with van der Waals surface area (Å²) in [6.45, 7) is -0.335. The highest BCUT2D eigenvalue weighted by atomic mass is 35.5. The van der Waals surface area contributed by atoms with Crippen LogP contribution in [0.5, 0.6) is 0 Å². The molecule has 2 fully saturated rings. The Balaban J connectivity index is 1.41. The van der Waals surface area contributed by atoms with Crippen molar-refractivity contribution in [1.82, 2.24) is 10.2 Å². The van der Waals surface area contributed by atoms with Gasteiger partial charge in [-0.15, -0.1) is 0 Å². The summed E-state index contributed by atoms with van der Waals surface area (Å²) in [7, 11) is 0. The van der Waals surface area contributed by atoms with Gasteiger partial charge in [0.1, 0.15) is 18.2 Å². The lowest BCUT2D eigenvalue weighted by Gasteiger charge is -2.35. The normalized spacial score (nSPS) is 31.6. The van der Waals surface area contributed by atoms with Gasteiger partial charge in [-0.2, -0.15) is 0 Å². The van der Waals surface area contributed by atoms with Gasteiger partial charge >= 0.3 is 5.97 Å². The second-order valence-corrected chi connectivity index (χ2v) is 11.5. The van der Waals surface area contributed by atoms with Crippen LogP contribution in [-0.2, 0) is 28.7 Å². The Kier molecular flexibility index (Phi) is 8.09. The molecule has 3 amide bonds. The van der Waals surface area contributed by atoms with Crippen molar-refractivity contribution in [1.29, 1.82) is 0 Å². The van der Waals surface area contributed by atoms with Crippen molar-refractivity contribution in [3.8, 4) is 0 Å². The molecule has 43 heavy (non-hydrogen) atoms. The van der Waals surface area contributed by atoms with Crippen LogP contribution in [0.15, 0.2) is 78.9 Å². The first-order chi connectivity index (χ1) is 20.8. The number of aliphatic hydroxyl groups is 1. The number of likely N-dealkylation sites (tertiary alicyclic amines) is 1. The van der Waals surface area contributed by atoms with Gasteiger partial charge in [-0.3, -0.25) is 19.2 Å². The second-order valence-electron chi connectivity index (χ2n) is 11.0. The molecule has 0 aliphatic carbocycles. The first-order valence-corrected chi connectivity index (χ1v) is 14.7. The lowest BCUT2D eigenvalue weighted by molar-refractivity contribution is -0.146. The van der Waals surface area contributed by atoms with Gasteiger partial charge in [0.2, 0.25) is 11.8 Å². The van der Waals surface area contributed by atoms with Crippen LogP contribution < -0.4 is 10.2 Å². The number of β-amino-alcohol motifs (C(OH)–C–C–N with tert-alkyl or cyclic N) is 1. The number of esters is 1. The maximum atomic E-state index is 14.3. The summed E-state index contributed by atoms with van der Waals surface area (Å²) in [5.41, 5.74) is -0.133. The third-order valence-electron chi connectivity index (χ3n) is 8.55. The van der Waals surface area contributed by atoms with Crippen molar-refractivity contribution in [2.75, 3.05) is 31.2 Å². The summed E-state index contributed by atoms with van der Waals surface area (Å²) in [5, 5.41) is 13.4. The number of halogens is 1. The smallest absolute Gasteiger partial charge is 0.306 e. The molecule has 1 spiro atoms. The molecule has 6 rings (SSSR count). The third-order valence-corrected chi connectivity index (χ3v) is 8.80. The maximum absolute atomic E-state index is 14.3. The number of aliphatic hydroxyl groups excluding tert-OH is 1. The van der Waals surface area contributed by atoms with E-state index >= 15 is 0 Å². The number of nitrogens with zero attached hydrogens (tertiary/aromatic N) is 2. The Morgan fingerprint density at radius 2 is 1.77 bits per heavy atom. The molecule has 0 radical (unpaired) electrons. The molecule has 4 aliphatic rings. The first-order valence-electron chi connectivity index (χ1n) is 14.4. The van der Waals surface area contributed by atoms with Crippen LogP contribution in [0, 0.1) is 11.8 Å². The number of anilines is 1. The molecule has 0 saturated carbocycles. The first kappa shape index (κ1) is 29.1. The number of carbonyl (C=O) groups is 4. The standard InChI is InChI=1S/C32H32ClN3O7/c33-21-11-13-22(14-12-21)35-16-6-15-32-27(30(40)36(17-18-37)28(32)31(35)41)26-24(43-32)9-4-5-10-25(38)42-19-23(34-29(26)39)20-7-2-1-3-8-20/h1-4,6-9,11-15,23-24,26-28,37H,5,10,16-19H2,(H,34,39)/b9-4-/t23-,24+,26-,27-,28+,32-/m1/s1. The molecule has 10 nitrogen and oxygen atoms in total. The lowest BCUT2D eigenvalue weighted by atomic mass is 9.77. The summed E-state index contributed by atoms with van der Waals surface area (Å²) >= 11 is 6.09. The van der Waals surface area contributed by atoms with Crippen LogP contribution in [0.25, 0.3) is 0 Å². The molecule has 11 heteroatoms. The van der Waals surface area contributed by atoms with Crippen molar-refractivity contribution in [2.45, 2.75) is 36.6 Å². The molecule has 2 N–H and O–H groups in total. The van der Waals surface area contributed by atoms with E-state index < -0.39 is 53.4 Å². The fourth-order valence-corrected chi connectivity index (χ4v) is 6.76. The van der Waals surface area contributed by atoms with Crippen LogP contribution in [0.3, 0.4) is 0 Å². The van der Waals surface area contributed by atoms with E-state index in [0.29, 0.717) is 17.1 Å². The number of allylic oxidation sites excluding steroid dienone is 1. The van der Waals surface area contributed by atoms with E-state index in [9.17, 15) is 24.3 Å². The number of amides is 3. The molecule has 4 aliphatic heterocycles. The maximum Gasteiger partial charge on any atom is 0.306 e. The minimum atomic E-state index is -1.46. The fourth-order valence-electron chi connectivity index (χ4n) is 6.64. The van der Waals surface area contributed by atoms with E-state index in [4.69, 9.17) is 21.1 Å².